The molecule has 0 radical (unpaired) electrons. The second-order valence-corrected chi connectivity index (χ2v) is 9.26. The number of nitrogens with zero attached hydrogens (tertiary/aromatic N) is 2. The molecule has 0 saturated carbocycles. The second-order valence-electron chi connectivity index (χ2n) is 7.33. The van der Waals surface area contributed by atoms with Gasteiger partial charge in [-0.05, 0) is 30.7 Å². The first-order valence-corrected chi connectivity index (χ1v) is 11.6. The van der Waals surface area contributed by atoms with Gasteiger partial charge in [0.25, 0.3) is 11.5 Å². The van der Waals surface area contributed by atoms with Gasteiger partial charge in [-0.15, -0.1) is 0 Å². The summed E-state index contributed by atoms with van der Waals surface area (Å²) < 4.78 is 28.2. The zero-order valence-electron chi connectivity index (χ0n) is 18.1. The first-order valence-electron chi connectivity index (χ1n) is 10.2. The highest BCUT2D eigenvalue weighted by molar-refractivity contribution is 7.89. The zero-order chi connectivity index (χ0) is 22.8. The van der Waals surface area contributed by atoms with Crippen LogP contribution in [-0.2, 0) is 17.1 Å². The van der Waals surface area contributed by atoms with Gasteiger partial charge in [0.2, 0.25) is 10.0 Å². The summed E-state index contributed by atoms with van der Waals surface area (Å²) in [6.45, 7) is 6.21. The van der Waals surface area contributed by atoms with Crippen LogP contribution in [0.3, 0.4) is 0 Å². The fraction of sp³-hybridized carbons (Fsp3) is 0.304. The number of pyridine rings is 1. The van der Waals surface area contributed by atoms with Crippen molar-refractivity contribution in [1.29, 1.82) is 0 Å². The minimum atomic E-state index is -3.53. The molecule has 1 amide bonds. The Morgan fingerprint density at radius 1 is 1.06 bits per heavy atom. The maximum atomic E-state index is 12.9. The van der Waals surface area contributed by atoms with Gasteiger partial charge in [-0.25, -0.2) is 8.42 Å². The first kappa shape index (κ1) is 22.7. The summed E-state index contributed by atoms with van der Waals surface area (Å²) in [6, 6.07) is 14.7. The molecule has 1 unspecified atom stereocenters. The number of para-hydroxylation sites is 1. The van der Waals surface area contributed by atoms with E-state index in [1.54, 1.807) is 57.3 Å². The fourth-order valence-corrected chi connectivity index (χ4v) is 5.06. The maximum Gasteiger partial charge on any atom is 0.252 e. The normalized spacial score (nSPS) is 12.8. The lowest BCUT2D eigenvalue weighted by atomic mass is 10.1. The minimum Gasteiger partial charge on any atom is -0.345 e. The quantitative estimate of drug-likeness (QED) is 0.610. The predicted molar refractivity (Wildman–Crippen MR) is 122 cm³/mol. The number of fused-ring (bicyclic) bond motifs is 1. The Morgan fingerprint density at radius 3 is 2.29 bits per heavy atom. The molecule has 0 spiro atoms. The standard InChI is InChI=1S/C23H27N3O4S/c1-5-26(6-2)31(29,30)18-13-11-17(12-14-18)16(3)24-23(28)20-15-22(27)25(4)21-10-8-7-9-19(20)21/h7-16H,5-6H2,1-4H3,(H,24,28). The van der Waals surface area contributed by atoms with Crippen molar-refractivity contribution in [3.63, 3.8) is 0 Å². The fourth-order valence-electron chi connectivity index (χ4n) is 3.60. The number of carbonyl (C=O) groups is 1. The number of hydrogen-bond acceptors (Lipinski definition) is 4. The van der Waals surface area contributed by atoms with Crippen LogP contribution in [0.5, 0.6) is 0 Å². The van der Waals surface area contributed by atoms with Crippen LogP contribution in [0, 0.1) is 0 Å². The molecule has 0 bridgehead atoms. The Bertz CT molecular complexity index is 1260. The van der Waals surface area contributed by atoms with E-state index in [0.717, 1.165) is 5.56 Å². The Morgan fingerprint density at radius 2 is 1.68 bits per heavy atom. The molecule has 31 heavy (non-hydrogen) atoms. The van der Waals surface area contributed by atoms with Crippen LogP contribution in [0.1, 0.15) is 42.7 Å². The van der Waals surface area contributed by atoms with Crippen molar-refractivity contribution < 1.29 is 13.2 Å². The number of hydrogen-bond donors (Lipinski definition) is 1. The number of rotatable bonds is 7. The molecule has 2 aromatic carbocycles. The van der Waals surface area contributed by atoms with Crippen LogP contribution in [0.15, 0.2) is 64.3 Å². The predicted octanol–water partition coefficient (Wildman–Crippen LogP) is 3.06. The van der Waals surface area contributed by atoms with E-state index in [1.807, 2.05) is 19.1 Å². The molecule has 1 heterocycles. The van der Waals surface area contributed by atoms with Crippen LogP contribution < -0.4 is 10.9 Å². The molecule has 164 valence electrons. The molecular formula is C23H27N3O4S. The topological polar surface area (TPSA) is 88.5 Å². The van der Waals surface area contributed by atoms with Gasteiger partial charge >= 0.3 is 0 Å². The van der Waals surface area contributed by atoms with E-state index in [1.165, 1.54) is 14.9 Å². The lowest BCUT2D eigenvalue weighted by Gasteiger charge is -2.19. The summed E-state index contributed by atoms with van der Waals surface area (Å²) in [6.07, 6.45) is 0. The SMILES string of the molecule is CCN(CC)S(=O)(=O)c1ccc(C(C)NC(=O)c2cc(=O)n(C)c3ccccc23)cc1. The highest BCUT2D eigenvalue weighted by Crippen LogP contribution is 2.21. The molecule has 0 saturated heterocycles. The number of carbonyl (C=O) groups excluding carboxylic acids is 1. The van der Waals surface area contributed by atoms with Crippen molar-refractivity contribution in [2.24, 2.45) is 7.05 Å². The summed E-state index contributed by atoms with van der Waals surface area (Å²) in [4.78, 5) is 25.4. The highest BCUT2D eigenvalue weighted by Gasteiger charge is 2.22. The molecular weight excluding hydrogens is 414 g/mol. The largest absolute Gasteiger partial charge is 0.345 e. The van der Waals surface area contributed by atoms with Crippen LogP contribution >= 0.6 is 0 Å². The van der Waals surface area contributed by atoms with E-state index in [0.29, 0.717) is 29.6 Å². The number of nitrogens with one attached hydrogen (secondary N) is 1. The summed E-state index contributed by atoms with van der Waals surface area (Å²) in [7, 11) is -1.86. The van der Waals surface area contributed by atoms with Gasteiger partial charge in [0, 0.05) is 31.6 Å². The minimum absolute atomic E-state index is 0.219. The molecule has 0 fully saturated rings. The van der Waals surface area contributed by atoms with Crippen molar-refractivity contribution in [2.45, 2.75) is 31.7 Å². The lowest BCUT2D eigenvalue weighted by Crippen LogP contribution is -2.31. The number of amides is 1. The first-order chi connectivity index (χ1) is 14.7. The van der Waals surface area contributed by atoms with Crippen molar-refractivity contribution in [3.8, 4) is 0 Å². The third-order valence-electron chi connectivity index (χ3n) is 5.47. The third-order valence-corrected chi connectivity index (χ3v) is 7.53. The Hall–Kier alpha value is -2.97. The zero-order valence-corrected chi connectivity index (χ0v) is 18.9. The van der Waals surface area contributed by atoms with Gasteiger partial charge in [0.05, 0.1) is 22.0 Å². The number of benzene rings is 2. The van der Waals surface area contributed by atoms with E-state index in [9.17, 15) is 18.0 Å². The van der Waals surface area contributed by atoms with Gasteiger partial charge in [-0.1, -0.05) is 44.2 Å². The van der Waals surface area contributed by atoms with E-state index < -0.39 is 10.0 Å². The molecule has 0 aliphatic carbocycles. The smallest absolute Gasteiger partial charge is 0.252 e. The maximum absolute atomic E-state index is 12.9. The van der Waals surface area contributed by atoms with Gasteiger partial charge < -0.3 is 9.88 Å². The number of aryl methyl sites for hydroxylation is 1. The van der Waals surface area contributed by atoms with Crippen LogP contribution in [-0.4, -0.2) is 36.3 Å². The second kappa shape index (κ2) is 9.03. The molecule has 1 atom stereocenters. The Labute approximate surface area is 182 Å². The van der Waals surface area contributed by atoms with Gasteiger partial charge in [-0.2, -0.15) is 4.31 Å². The Kier molecular flexibility index (Phi) is 6.62. The van der Waals surface area contributed by atoms with Crippen LogP contribution in [0.2, 0.25) is 0 Å². The third kappa shape index (κ3) is 4.40. The van der Waals surface area contributed by atoms with Gasteiger partial charge in [0.1, 0.15) is 0 Å². The average molecular weight is 442 g/mol. The molecule has 0 aliphatic heterocycles. The summed E-state index contributed by atoms with van der Waals surface area (Å²) >= 11 is 0. The molecule has 3 aromatic rings. The van der Waals surface area contributed by atoms with Crippen molar-refractivity contribution in [2.75, 3.05) is 13.1 Å². The molecule has 7 nitrogen and oxygen atoms in total. The summed E-state index contributed by atoms with van der Waals surface area (Å²) in [5.41, 5.74) is 1.49. The van der Waals surface area contributed by atoms with Crippen molar-refractivity contribution >= 4 is 26.8 Å². The van der Waals surface area contributed by atoms with Crippen molar-refractivity contribution in [1.82, 2.24) is 14.2 Å². The van der Waals surface area contributed by atoms with E-state index in [2.05, 4.69) is 5.32 Å². The molecule has 0 aliphatic rings. The molecule has 8 heteroatoms. The molecule has 1 N–H and O–H groups in total. The van der Waals surface area contributed by atoms with Gasteiger partial charge in [-0.3, -0.25) is 9.59 Å². The average Bonchev–Trinajstić information content (AvgIpc) is 2.77. The van der Waals surface area contributed by atoms with E-state index in [4.69, 9.17) is 0 Å². The van der Waals surface area contributed by atoms with Crippen molar-refractivity contribution in [3.05, 3.63) is 76.1 Å². The summed E-state index contributed by atoms with van der Waals surface area (Å²) in [5, 5.41) is 3.60. The molecule has 3 rings (SSSR count). The lowest BCUT2D eigenvalue weighted by molar-refractivity contribution is 0.0941. The molecule has 1 aromatic heterocycles. The van der Waals surface area contributed by atoms with E-state index in [-0.39, 0.29) is 22.4 Å². The van der Waals surface area contributed by atoms with Crippen LogP contribution in [0.25, 0.3) is 10.9 Å². The number of sulfonamides is 1. The Balaban J connectivity index is 1.85. The highest BCUT2D eigenvalue weighted by atomic mass is 32.2. The van der Waals surface area contributed by atoms with Crippen LogP contribution in [0.4, 0.5) is 0 Å². The van der Waals surface area contributed by atoms with E-state index >= 15 is 0 Å². The summed E-state index contributed by atoms with van der Waals surface area (Å²) in [5.74, 6) is -0.360. The van der Waals surface area contributed by atoms with Gasteiger partial charge in [0.15, 0.2) is 0 Å². The monoisotopic (exact) mass is 441 g/mol. The number of aromatic nitrogens is 1.